The first-order valence-corrected chi connectivity index (χ1v) is 6.10. The van der Waals surface area contributed by atoms with Crippen LogP contribution in [0, 0.1) is 6.92 Å². The molecule has 0 spiro atoms. The molecule has 0 heterocycles. The van der Waals surface area contributed by atoms with Gasteiger partial charge in [-0.05, 0) is 36.2 Å². The van der Waals surface area contributed by atoms with Crippen LogP contribution in [0.2, 0.25) is 0 Å². The summed E-state index contributed by atoms with van der Waals surface area (Å²) in [6, 6.07) is 8.05. The fraction of sp³-hybridized carbons (Fsp3) is 0.200. The molecule has 118 valence electrons. The molecule has 0 unspecified atom stereocenters. The Balaban J connectivity index is 2.41. The maximum absolute atomic E-state index is 13.0. The van der Waals surface area contributed by atoms with Crippen molar-refractivity contribution in [1.82, 2.24) is 0 Å². The van der Waals surface area contributed by atoms with Gasteiger partial charge >= 0.3 is 12.5 Å². The minimum atomic E-state index is -4.84. The van der Waals surface area contributed by atoms with Crippen molar-refractivity contribution < 1.29 is 31.1 Å². The minimum absolute atomic E-state index is 0.100. The highest BCUT2D eigenvalue weighted by atomic mass is 19.4. The van der Waals surface area contributed by atoms with E-state index in [1.165, 1.54) is 19.1 Å². The van der Waals surface area contributed by atoms with Gasteiger partial charge in [0, 0.05) is 0 Å². The standard InChI is InChI=1S/C15H10F6O/c1-9-2-7-12(13(8-9)14(16,17)18)10-3-5-11(6-4-10)22-15(19,20)21/h2-8H,1H3. The summed E-state index contributed by atoms with van der Waals surface area (Å²) in [7, 11) is 0. The second-order valence-electron chi connectivity index (χ2n) is 4.62. The largest absolute Gasteiger partial charge is 0.573 e. The van der Waals surface area contributed by atoms with E-state index in [0.29, 0.717) is 5.56 Å². The number of hydrogen-bond donors (Lipinski definition) is 0. The fourth-order valence-corrected chi connectivity index (χ4v) is 1.98. The fourth-order valence-electron chi connectivity index (χ4n) is 1.98. The molecule has 0 radical (unpaired) electrons. The van der Waals surface area contributed by atoms with Crippen LogP contribution in [-0.2, 0) is 6.18 Å². The molecule has 2 rings (SSSR count). The molecule has 0 bridgehead atoms. The molecular formula is C15H10F6O. The van der Waals surface area contributed by atoms with Gasteiger partial charge in [-0.15, -0.1) is 13.2 Å². The first-order chi connectivity index (χ1) is 10.1. The molecule has 0 saturated heterocycles. The summed E-state index contributed by atoms with van der Waals surface area (Å²) in [5, 5.41) is 0. The summed E-state index contributed by atoms with van der Waals surface area (Å²) in [6.45, 7) is 1.53. The molecule has 0 aromatic heterocycles. The number of rotatable bonds is 2. The SMILES string of the molecule is Cc1ccc(-c2ccc(OC(F)(F)F)cc2)c(C(F)(F)F)c1. The number of benzene rings is 2. The Bertz CT molecular complexity index is 655. The Morgan fingerprint density at radius 2 is 1.41 bits per heavy atom. The molecule has 1 nitrogen and oxygen atoms in total. The lowest BCUT2D eigenvalue weighted by molar-refractivity contribution is -0.274. The summed E-state index contributed by atoms with van der Waals surface area (Å²) < 4.78 is 79.0. The van der Waals surface area contributed by atoms with E-state index >= 15 is 0 Å². The Hall–Kier alpha value is -2.18. The van der Waals surface area contributed by atoms with Gasteiger partial charge in [0.25, 0.3) is 0 Å². The molecule has 0 aliphatic rings. The third kappa shape index (κ3) is 3.93. The van der Waals surface area contributed by atoms with Crippen molar-refractivity contribution in [3.8, 4) is 16.9 Å². The zero-order chi connectivity index (χ0) is 16.5. The van der Waals surface area contributed by atoms with Crippen LogP contribution in [-0.4, -0.2) is 6.36 Å². The number of ether oxygens (including phenoxy) is 1. The summed E-state index contributed by atoms with van der Waals surface area (Å²) in [5.74, 6) is -0.489. The quantitative estimate of drug-likeness (QED) is 0.656. The second kappa shape index (κ2) is 5.55. The number of alkyl halides is 6. The van der Waals surface area contributed by atoms with Crippen LogP contribution in [0.4, 0.5) is 26.3 Å². The van der Waals surface area contributed by atoms with Crippen molar-refractivity contribution >= 4 is 0 Å². The van der Waals surface area contributed by atoms with E-state index in [9.17, 15) is 26.3 Å². The third-order valence-corrected chi connectivity index (χ3v) is 2.88. The normalized spacial score (nSPS) is 12.3. The number of aryl methyl sites for hydroxylation is 1. The molecule has 0 saturated carbocycles. The van der Waals surface area contributed by atoms with Crippen molar-refractivity contribution in [3.05, 3.63) is 53.6 Å². The van der Waals surface area contributed by atoms with E-state index in [0.717, 1.165) is 30.3 Å². The van der Waals surface area contributed by atoms with Crippen molar-refractivity contribution in [1.29, 1.82) is 0 Å². The van der Waals surface area contributed by atoms with Crippen LogP contribution in [0.1, 0.15) is 11.1 Å². The van der Waals surface area contributed by atoms with Crippen LogP contribution in [0.15, 0.2) is 42.5 Å². The Morgan fingerprint density at radius 1 is 0.818 bits per heavy atom. The molecule has 0 N–H and O–H groups in total. The maximum Gasteiger partial charge on any atom is 0.573 e. The van der Waals surface area contributed by atoms with Crippen LogP contribution in [0.3, 0.4) is 0 Å². The molecular weight excluding hydrogens is 310 g/mol. The monoisotopic (exact) mass is 320 g/mol. The summed E-state index contributed by atoms with van der Waals surface area (Å²) in [6.07, 6.45) is -9.40. The van der Waals surface area contributed by atoms with Gasteiger partial charge in [0.05, 0.1) is 5.56 Å². The summed E-state index contributed by atoms with van der Waals surface area (Å²) in [4.78, 5) is 0. The predicted molar refractivity (Wildman–Crippen MR) is 68.3 cm³/mol. The number of halogens is 6. The maximum atomic E-state index is 13.0. The Kier molecular flexibility index (Phi) is 4.08. The first-order valence-electron chi connectivity index (χ1n) is 6.10. The van der Waals surface area contributed by atoms with E-state index in [1.807, 2.05) is 0 Å². The zero-order valence-electron chi connectivity index (χ0n) is 11.2. The minimum Gasteiger partial charge on any atom is -0.406 e. The van der Waals surface area contributed by atoms with Gasteiger partial charge in [-0.3, -0.25) is 0 Å². The van der Waals surface area contributed by atoms with Crippen LogP contribution >= 0.6 is 0 Å². The topological polar surface area (TPSA) is 9.23 Å². The van der Waals surface area contributed by atoms with Crippen molar-refractivity contribution in [2.24, 2.45) is 0 Å². The van der Waals surface area contributed by atoms with Gasteiger partial charge < -0.3 is 4.74 Å². The molecule has 0 aliphatic heterocycles. The predicted octanol–water partition coefficient (Wildman–Crippen LogP) is 5.58. The van der Waals surface area contributed by atoms with Crippen LogP contribution in [0.5, 0.6) is 5.75 Å². The molecule has 7 heteroatoms. The average molecular weight is 320 g/mol. The zero-order valence-corrected chi connectivity index (χ0v) is 11.2. The molecule has 0 aliphatic carbocycles. The molecule has 2 aromatic rings. The molecule has 0 atom stereocenters. The van der Waals surface area contributed by atoms with Crippen molar-refractivity contribution in [2.75, 3.05) is 0 Å². The van der Waals surface area contributed by atoms with Gasteiger partial charge in [-0.25, -0.2) is 0 Å². The highest BCUT2D eigenvalue weighted by molar-refractivity contribution is 5.69. The lowest BCUT2D eigenvalue weighted by atomic mass is 9.97. The first kappa shape index (κ1) is 16.2. The van der Waals surface area contributed by atoms with Gasteiger partial charge in [0.15, 0.2) is 0 Å². The van der Waals surface area contributed by atoms with E-state index in [1.54, 1.807) is 0 Å². The van der Waals surface area contributed by atoms with Gasteiger partial charge in [-0.1, -0.05) is 29.8 Å². The lowest BCUT2D eigenvalue weighted by Gasteiger charge is -2.14. The molecule has 0 fully saturated rings. The molecule has 22 heavy (non-hydrogen) atoms. The Morgan fingerprint density at radius 3 is 1.91 bits per heavy atom. The third-order valence-electron chi connectivity index (χ3n) is 2.88. The smallest absolute Gasteiger partial charge is 0.406 e. The second-order valence-corrected chi connectivity index (χ2v) is 4.62. The summed E-state index contributed by atoms with van der Waals surface area (Å²) in [5.41, 5.74) is -0.344. The van der Waals surface area contributed by atoms with Crippen molar-refractivity contribution in [2.45, 2.75) is 19.5 Å². The summed E-state index contributed by atoms with van der Waals surface area (Å²) >= 11 is 0. The lowest BCUT2D eigenvalue weighted by Crippen LogP contribution is -2.17. The Labute approximate surface area is 122 Å². The van der Waals surface area contributed by atoms with E-state index < -0.39 is 23.9 Å². The number of hydrogen-bond acceptors (Lipinski definition) is 1. The van der Waals surface area contributed by atoms with Crippen molar-refractivity contribution in [3.63, 3.8) is 0 Å². The van der Waals surface area contributed by atoms with Gasteiger partial charge in [0.2, 0.25) is 0 Å². The van der Waals surface area contributed by atoms with Gasteiger partial charge in [0.1, 0.15) is 5.75 Å². The van der Waals surface area contributed by atoms with E-state index in [-0.39, 0.29) is 11.1 Å². The van der Waals surface area contributed by atoms with Crippen LogP contribution in [0.25, 0.3) is 11.1 Å². The molecule has 2 aromatic carbocycles. The highest BCUT2D eigenvalue weighted by Gasteiger charge is 2.34. The molecule has 0 amide bonds. The van der Waals surface area contributed by atoms with E-state index in [4.69, 9.17) is 0 Å². The van der Waals surface area contributed by atoms with Gasteiger partial charge in [-0.2, -0.15) is 13.2 Å². The highest BCUT2D eigenvalue weighted by Crippen LogP contribution is 2.38. The van der Waals surface area contributed by atoms with E-state index in [2.05, 4.69) is 4.74 Å². The van der Waals surface area contributed by atoms with Crippen LogP contribution < -0.4 is 4.74 Å². The average Bonchev–Trinajstić information content (AvgIpc) is 2.37.